The van der Waals surface area contributed by atoms with E-state index in [4.69, 9.17) is 0 Å². The highest BCUT2D eigenvalue weighted by atomic mass is 32.1. The molecule has 0 spiro atoms. The number of carbonyl (C=O) groups is 1. The quantitative estimate of drug-likeness (QED) is 0.878. The molecule has 0 unspecified atom stereocenters. The second-order valence-electron chi connectivity index (χ2n) is 4.51. The molecule has 0 aliphatic heterocycles. The smallest absolute Gasteiger partial charge is 0.338 e. The minimum absolute atomic E-state index is 0.212. The average molecular weight is 333 g/mol. The van der Waals surface area contributed by atoms with Gasteiger partial charge < -0.3 is 10.6 Å². The SMILES string of the molecule is Cn1cc(CNC(=O)NCCc2nc(C(F)(F)F)cs2)cn1. The summed E-state index contributed by atoms with van der Waals surface area (Å²) < 4.78 is 38.7. The number of hydrogen-bond acceptors (Lipinski definition) is 4. The average Bonchev–Trinajstić information content (AvgIpc) is 3.05. The first-order valence-corrected chi connectivity index (χ1v) is 7.23. The number of amides is 2. The third-order valence-corrected chi connectivity index (χ3v) is 3.59. The van der Waals surface area contributed by atoms with Crippen molar-refractivity contribution in [3.05, 3.63) is 34.0 Å². The zero-order valence-corrected chi connectivity index (χ0v) is 12.5. The Balaban J connectivity index is 1.69. The molecule has 2 N–H and O–H groups in total. The van der Waals surface area contributed by atoms with Crippen LogP contribution < -0.4 is 10.6 Å². The summed E-state index contributed by atoms with van der Waals surface area (Å²) in [4.78, 5) is 15.0. The van der Waals surface area contributed by atoms with E-state index in [1.54, 1.807) is 24.1 Å². The number of urea groups is 1. The minimum Gasteiger partial charge on any atom is -0.338 e. The summed E-state index contributed by atoms with van der Waals surface area (Å²) in [7, 11) is 1.77. The van der Waals surface area contributed by atoms with E-state index in [1.807, 2.05) is 0 Å². The maximum atomic E-state index is 12.4. The highest BCUT2D eigenvalue weighted by Crippen LogP contribution is 2.29. The number of thiazole rings is 1. The van der Waals surface area contributed by atoms with E-state index < -0.39 is 17.9 Å². The molecule has 120 valence electrons. The summed E-state index contributed by atoms with van der Waals surface area (Å²) >= 11 is 0.927. The number of hydrogen-bond donors (Lipinski definition) is 2. The van der Waals surface area contributed by atoms with Gasteiger partial charge in [0.1, 0.15) is 0 Å². The lowest BCUT2D eigenvalue weighted by Gasteiger charge is -2.05. The molecule has 0 aromatic carbocycles. The predicted octanol–water partition coefficient (Wildman–Crippen LogP) is 1.94. The minimum atomic E-state index is -4.43. The normalized spacial score (nSPS) is 11.5. The molecule has 0 radical (unpaired) electrons. The number of nitrogens with one attached hydrogen (secondary N) is 2. The zero-order chi connectivity index (χ0) is 16.2. The van der Waals surface area contributed by atoms with E-state index in [1.165, 1.54) is 0 Å². The van der Waals surface area contributed by atoms with Crippen LogP contribution in [-0.2, 0) is 26.2 Å². The monoisotopic (exact) mass is 333 g/mol. The van der Waals surface area contributed by atoms with Gasteiger partial charge in [0, 0.05) is 43.7 Å². The standard InChI is InChI=1S/C12H14F3N5OS/c1-20-6-8(5-18-20)4-17-11(21)16-3-2-10-19-9(7-22-10)12(13,14)15/h5-7H,2-4H2,1H3,(H2,16,17,21). The van der Waals surface area contributed by atoms with Gasteiger partial charge >= 0.3 is 12.2 Å². The Labute approximate surface area is 128 Å². The number of carbonyl (C=O) groups excluding carboxylic acids is 1. The van der Waals surface area contributed by atoms with Crippen molar-refractivity contribution in [2.24, 2.45) is 7.05 Å². The molecule has 6 nitrogen and oxygen atoms in total. The number of alkyl halides is 3. The Bertz CT molecular complexity index is 637. The van der Waals surface area contributed by atoms with Crippen molar-refractivity contribution in [2.45, 2.75) is 19.1 Å². The van der Waals surface area contributed by atoms with Crippen molar-refractivity contribution < 1.29 is 18.0 Å². The van der Waals surface area contributed by atoms with E-state index >= 15 is 0 Å². The summed E-state index contributed by atoms with van der Waals surface area (Å²) in [6.45, 7) is 0.541. The van der Waals surface area contributed by atoms with E-state index in [9.17, 15) is 18.0 Å². The molecular formula is C12H14F3N5OS. The molecule has 2 heterocycles. The van der Waals surface area contributed by atoms with Crippen LogP contribution >= 0.6 is 11.3 Å². The van der Waals surface area contributed by atoms with E-state index in [0.29, 0.717) is 11.6 Å². The van der Waals surface area contributed by atoms with Crippen molar-refractivity contribution in [2.75, 3.05) is 6.54 Å². The van der Waals surface area contributed by atoms with Crippen LogP contribution in [0.1, 0.15) is 16.3 Å². The Morgan fingerprint density at radius 3 is 2.77 bits per heavy atom. The fourth-order valence-electron chi connectivity index (χ4n) is 1.65. The van der Waals surface area contributed by atoms with Gasteiger partial charge in [-0.15, -0.1) is 11.3 Å². The Morgan fingerprint density at radius 1 is 1.41 bits per heavy atom. The Kier molecular flexibility index (Phi) is 5.01. The van der Waals surface area contributed by atoms with Crippen molar-refractivity contribution in [1.29, 1.82) is 0 Å². The van der Waals surface area contributed by atoms with Crippen LogP contribution in [0.5, 0.6) is 0 Å². The molecule has 0 aliphatic carbocycles. The molecule has 2 amide bonds. The molecule has 10 heteroatoms. The second-order valence-corrected chi connectivity index (χ2v) is 5.45. The van der Waals surface area contributed by atoms with Crippen molar-refractivity contribution in [1.82, 2.24) is 25.4 Å². The number of aromatic nitrogens is 3. The first-order chi connectivity index (χ1) is 10.3. The van der Waals surface area contributed by atoms with Gasteiger partial charge in [0.05, 0.1) is 11.2 Å². The molecule has 0 atom stereocenters. The van der Waals surface area contributed by atoms with Crippen LogP contribution in [0.4, 0.5) is 18.0 Å². The highest BCUT2D eigenvalue weighted by Gasteiger charge is 2.33. The van der Waals surface area contributed by atoms with Crippen LogP contribution in [0.2, 0.25) is 0 Å². The lowest BCUT2D eigenvalue weighted by molar-refractivity contribution is -0.140. The first kappa shape index (κ1) is 16.3. The summed E-state index contributed by atoms with van der Waals surface area (Å²) in [6.07, 6.45) is -0.770. The first-order valence-electron chi connectivity index (χ1n) is 6.35. The zero-order valence-electron chi connectivity index (χ0n) is 11.6. The fraction of sp³-hybridized carbons (Fsp3) is 0.417. The molecule has 0 saturated heterocycles. The fourth-order valence-corrected chi connectivity index (χ4v) is 2.45. The van der Waals surface area contributed by atoms with Crippen molar-refractivity contribution in [3.63, 3.8) is 0 Å². The van der Waals surface area contributed by atoms with E-state index in [-0.39, 0.29) is 13.0 Å². The summed E-state index contributed by atoms with van der Waals surface area (Å²) in [5.74, 6) is 0. The van der Waals surface area contributed by atoms with Gasteiger partial charge in [0.25, 0.3) is 0 Å². The van der Waals surface area contributed by atoms with Gasteiger partial charge in [-0.3, -0.25) is 4.68 Å². The topological polar surface area (TPSA) is 71.8 Å². The lowest BCUT2D eigenvalue weighted by Crippen LogP contribution is -2.36. The van der Waals surface area contributed by atoms with Gasteiger partial charge in [-0.2, -0.15) is 18.3 Å². The summed E-state index contributed by atoms with van der Waals surface area (Å²) in [5.41, 5.74) is -0.0408. The number of nitrogens with zero attached hydrogens (tertiary/aromatic N) is 3. The van der Waals surface area contributed by atoms with Gasteiger partial charge in [0.15, 0.2) is 5.69 Å². The Hall–Kier alpha value is -2.10. The van der Waals surface area contributed by atoms with Crippen molar-refractivity contribution >= 4 is 17.4 Å². The van der Waals surface area contributed by atoms with Gasteiger partial charge in [-0.25, -0.2) is 9.78 Å². The van der Waals surface area contributed by atoms with Crippen LogP contribution in [0.3, 0.4) is 0 Å². The lowest BCUT2D eigenvalue weighted by atomic mass is 10.4. The largest absolute Gasteiger partial charge is 0.434 e. The van der Waals surface area contributed by atoms with Crippen LogP contribution in [-0.4, -0.2) is 27.3 Å². The number of rotatable bonds is 5. The van der Waals surface area contributed by atoms with Crippen LogP contribution in [0.15, 0.2) is 17.8 Å². The molecule has 2 aromatic heterocycles. The van der Waals surface area contributed by atoms with E-state index in [0.717, 1.165) is 22.3 Å². The summed E-state index contributed by atoms with van der Waals surface area (Å²) in [6, 6.07) is -0.392. The molecule has 0 aliphatic rings. The molecule has 2 aromatic rings. The van der Waals surface area contributed by atoms with Gasteiger partial charge in [0.2, 0.25) is 0 Å². The third kappa shape index (κ3) is 4.72. The van der Waals surface area contributed by atoms with Gasteiger partial charge in [-0.1, -0.05) is 0 Å². The maximum Gasteiger partial charge on any atom is 0.434 e. The predicted molar refractivity (Wildman–Crippen MR) is 74.3 cm³/mol. The third-order valence-electron chi connectivity index (χ3n) is 2.68. The van der Waals surface area contributed by atoms with Crippen LogP contribution in [0.25, 0.3) is 0 Å². The molecule has 2 rings (SSSR count). The molecule has 22 heavy (non-hydrogen) atoms. The molecule has 0 bridgehead atoms. The molecule has 0 fully saturated rings. The van der Waals surface area contributed by atoms with Gasteiger partial charge in [-0.05, 0) is 0 Å². The van der Waals surface area contributed by atoms with E-state index in [2.05, 4.69) is 20.7 Å². The maximum absolute atomic E-state index is 12.4. The summed E-state index contributed by atoms with van der Waals surface area (Å²) in [5, 5.41) is 10.5. The van der Waals surface area contributed by atoms with Crippen LogP contribution in [0, 0.1) is 0 Å². The second kappa shape index (κ2) is 6.77. The number of halogens is 3. The van der Waals surface area contributed by atoms with Crippen molar-refractivity contribution in [3.8, 4) is 0 Å². The number of aryl methyl sites for hydroxylation is 1. The highest BCUT2D eigenvalue weighted by molar-refractivity contribution is 7.09. The molecular weight excluding hydrogens is 319 g/mol. The Morgan fingerprint density at radius 2 is 2.18 bits per heavy atom. The molecule has 0 saturated carbocycles.